The van der Waals surface area contributed by atoms with Crippen molar-refractivity contribution in [3.8, 4) is 0 Å². The number of rotatable bonds is 13. The number of methoxy groups -OCH3 is 1. The summed E-state index contributed by atoms with van der Waals surface area (Å²) >= 11 is 5.65. The van der Waals surface area contributed by atoms with Gasteiger partial charge in [0.15, 0.2) is 0 Å². The second kappa shape index (κ2) is 14.2. The summed E-state index contributed by atoms with van der Waals surface area (Å²) in [6.07, 6.45) is 1.06. The van der Waals surface area contributed by atoms with Crippen molar-refractivity contribution in [1.82, 2.24) is 5.32 Å². The molecule has 0 aliphatic rings. The Balaban J connectivity index is 2.98. The number of hydrogen-bond donors (Lipinski definition) is 1. The van der Waals surface area contributed by atoms with Crippen molar-refractivity contribution in [2.45, 2.75) is 13.3 Å². The molecule has 5 heteroatoms. The van der Waals surface area contributed by atoms with Gasteiger partial charge in [0.2, 0.25) is 0 Å². The van der Waals surface area contributed by atoms with Gasteiger partial charge in [0.05, 0.1) is 33.0 Å². The summed E-state index contributed by atoms with van der Waals surface area (Å²) in [5.41, 5.74) is 0. The van der Waals surface area contributed by atoms with Gasteiger partial charge >= 0.3 is 0 Å². The number of hydrogen-bond acceptors (Lipinski definition) is 4. The molecule has 104 valence electrons. The molecular weight excluding hydrogens is 242 g/mol. The van der Waals surface area contributed by atoms with Crippen LogP contribution in [0.5, 0.6) is 0 Å². The van der Waals surface area contributed by atoms with E-state index in [1.807, 2.05) is 0 Å². The van der Waals surface area contributed by atoms with E-state index in [0.29, 0.717) is 32.3 Å². The fourth-order valence-electron chi connectivity index (χ4n) is 1.25. The minimum atomic E-state index is 0.630. The number of ether oxygens (including phenoxy) is 3. The summed E-state index contributed by atoms with van der Waals surface area (Å²) in [6, 6.07) is 0. The lowest BCUT2D eigenvalue weighted by molar-refractivity contribution is 0.0255. The highest BCUT2D eigenvalue weighted by Crippen LogP contribution is 2.00. The normalized spacial score (nSPS) is 12.9. The summed E-state index contributed by atoms with van der Waals surface area (Å²) in [4.78, 5) is 0. The highest BCUT2D eigenvalue weighted by atomic mass is 35.5. The van der Waals surface area contributed by atoms with E-state index in [2.05, 4.69) is 12.2 Å². The minimum Gasteiger partial charge on any atom is -0.382 e. The molecule has 0 spiro atoms. The van der Waals surface area contributed by atoms with Crippen LogP contribution >= 0.6 is 11.6 Å². The molecule has 1 unspecified atom stereocenters. The fourth-order valence-corrected chi connectivity index (χ4v) is 1.62. The zero-order valence-corrected chi connectivity index (χ0v) is 11.8. The summed E-state index contributed by atoms with van der Waals surface area (Å²) in [6.45, 7) is 7.34. The third-order valence-corrected chi connectivity index (χ3v) is 2.54. The maximum atomic E-state index is 5.65. The van der Waals surface area contributed by atoms with Crippen molar-refractivity contribution < 1.29 is 14.2 Å². The van der Waals surface area contributed by atoms with E-state index in [0.717, 1.165) is 32.0 Å². The van der Waals surface area contributed by atoms with Crippen molar-refractivity contribution in [3.63, 3.8) is 0 Å². The lowest BCUT2D eigenvalue weighted by Crippen LogP contribution is -2.25. The van der Waals surface area contributed by atoms with Gasteiger partial charge < -0.3 is 19.5 Å². The van der Waals surface area contributed by atoms with E-state index < -0.39 is 0 Å². The van der Waals surface area contributed by atoms with Crippen LogP contribution in [0.25, 0.3) is 0 Å². The first-order valence-electron chi connectivity index (χ1n) is 6.22. The monoisotopic (exact) mass is 267 g/mol. The topological polar surface area (TPSA) is 39.7 Å². The zero-order valence-electron chi connectivity index (χ0n) is 11.0. The quantitative estimate of drug-likeness (QED) is 0.406. The molecule has 0 amide bonds. The van der Waals surface area contributed by atoms with Crippen LogP contribution in [-0.4, -0.2) is 59.1 Å². The first-order chi connectivity index (χ1) is 8.31. The Hall–Kier alpha value is 0.130. The van der Waals surface area contributed by atoms with Crippen LogP contribution in [0.4, 0.5) is 0 Å². The first kappa shape index (κ1) is 17.1. The van der Waals surface area contributed by atoms with Crippen molar-refractivity contribution >= 4 is 11.6 Å². The molecule has 0 aliphatic carbocycles. The zero-order chi connectivity index (χ0) is 12.8. The predicted molar refractivity (Wildman–Crippen MR) is 70.9 cm³/mol. The second-order valence-corrected chi connectivity index (χ2v) is 4.38. The molecule has 1 atom stereocenters. The Morgan fingerprint density at radius 2 is 1.71 bits per heavy atom. The molecule has 0 aromatic heterocycles. The lowest BCUT2D eigenvalue weighted by Gasteiger charge is -2.11. The van der Waals surface area contributed by atoms with Crippen molar-refractivity contribution in [2.75, 3.05) is 59.1 Å². The molecule has 4 nitrogen and oxygen atoms in total. The van der Waals surface area contributed by atoms with Crippen LogP contribution in [-0.2, 0) is 14.2 Å². The Kier molecular flexibility index (Phi) is 14.3. The molecule has 0 saturated heterocycles. The maximum absolute atomic E-state index is 5.65. The van der Waals surface area contributed by atoms with E-state index in [4.69, 9.17) is 25.8 Å². The minimum absolute atomic E-state index is 0.630. The van der Waals surface area contributed by atoms with E-state index in [1.165, 1.54) is 0 Å². The molecule has 0 aromatic rings. The van der Waals surface area contributed by atoms with Crippen molar-refractivity contribution in [2.24, 2.45) is 5.92 Å². The van der Waals surface area contributed by atoms with Gasteiger partial charge in [-0.3, -0.25) is 0 Å². The number of halogens is 1. The smallest absolute Gasteiger partial charge is 0.0701 e. The second-order valence-electron chi connectivity index (χ2n) is 4.00. The predicted octanol–water partition coefficient (Wildman–Crippen LogP) is 1.52. The average Bonchev–Trinajstić information content (AvgIpc) is 2.32. The Bertz CT molecular complexity index is 150. The third-order valence-electron chi connectivity index (χ3n) is 2.32. The van der Waals surface area contributed by atoms with Crippen LogP contribution in [0.2, 0.25) is 0 Å². The fraction of sp³-hybridized carbons (Fsp3) is 1.00. The molecule has 0 saturated carbocycles. The molecule has 0 aromatic carbocycles. The van der Waals surface area contributed by atoms with Crippen molar-refractivity contribution in [3.05, 3.63) is 0 Å². The van der Waals surface area contributed by atoms with Crippen LogP contribution in [0, 0.1) is 5.92 Å². The van der Waals surface area contributed by atoms with Gasteiger partial charge in [0.25, 0.3) is 0 Å². The van der Waals surface area contributed by atoms with E-state index >= 15 is 0 Å². The van der Waals surface area contributed by atoms with Crippen LogP contribution < -0.4 is 5.32 Å². The lowest BCUT2D eigenvalue weighted by atomic mass is 10.1. The molecule has 0 radical (unpaired) electrons. The van der Waals surface area contributed by atoms with Crippen LogP contribution in [0.3, 0.4) is 0 Å². The summed E-state index contributed by atoms with van der Waals surface area (Å²) in [5.74, 6) is 1.36. The Labute approximate surface area is 110 Å². The molecule has 0 aliphatic heterocycles. The van der Waals surface area contributed by atoms with Gasteiger partial charge in [0.1, 0.15) is 0 Å². The van der Waals surface area contributed by atoms with Crippen molar-refractivity contribution in [1.29, 1.82) is 0 Å². The summed E-state index contributed by atoms with van der Waals surface area (Å²) < 4.78 is 15.5. The molecule has 0 heterocycles. The SMILES string of the molecule is COCCOCCOCCNCC(C)CCCl. The summed E-state index contributed by atoms with van der Waals surface area (Å²) in [5, 5.41) is 3.34. The molecular formula is C12H26ClNO3. The Morgan fingerprint density at radius 1 is 1.06 bits per heavy atom. The van der Waals surface area contributed by atoms with Gasteiger partial charge in [-0.25, -0.2) is 0 Å². The molecule has 17 heavy (non-hydrogen) atoms. The highest BCUT2D eigenvalue weighted by molar-refractivity contribution is 6.17. The van der Waals surface area contributed by atoms with E-state index in [9.17, 15) is 0 Å². The number of alkyl halides is 1. The standard InChI is InChI=1S/C12H26ClNO3/c1-12(3-4-13)11-14-5-6-16-9-10-17-8-7-15-2/h12,14H,3-11H2,1-2H3. The average molecular weight is 268 g/mol. The summed E-state index contributed by atoms with van der Waals surface area (Å²) in [7, 11) is 1.66. The Morgan fingerprint density at radius 3 is 2.35 bits per heavy atom. The van der Waals surface area contributed by atoms with E-state index in [1.54, 1.807) is 7.11 Å². The van der Waals surface area contributed by atoms with Gasteiger partial charge in [-0.15, -0.1) is 11.6 Å². The van der Waals surface area contributed by atoms with Gasteiger partial charge in [0, 0.05) is 19.5 Å². The molecule has 0 fully saturated rings. The van der Waals surface area contributed by atoms with Crippen LogP contribution in [0.1, 0.15) is 13.3 Å². The molecule has 0 rings (SSSR count). The highest BCUT2D eigenvalue weighted by Gasteiger charge is 1.99. The van der Waals surface area contributed by atoms with E-state index in [-0.39, 0.29) is 0 Å². The number of nitrogens with one attached hydrogen (secondary N) is 1. The van der Waals surface area contributed by atoms with Gasteiger partial charge in [-0.1, -0.05) is 6.92 Å². The van der Waals surface area contributed by atoms with Gasteiger partial charge in [-0.2, -0.15) is 0 Å². The molecule has 0 bridgehead atoms. The first-order valence-corrected chi connectivity index (χ1v) is 6.75. The largest absolute Gasteiger partial charge is 0.382 e. The maximum Gasteiger partial charge on any atom is 0.0701 e. The third kappa shape index (κ3) is 14.1. The molecule has 1 N–H and O–H groups in total. The van der Waals surface area contributed by atoms with Gasteiger partial charge in [-0.05, 0) is 18.9 Å². The van der Waals surface area contributed by atoms with Crippen LogP contribution in [0.15, 0.2) is 0 Å².